The summed E-state index contributed by atoms with van der Waals surface area (Å²) in [6.45, 7) is 17.7. The molecule has 2 amide bonds. The first-order valence-electron chi connectivity index (χ1n) is 13.0. The van der Waals surface area contributed by atoms with Gasteiger partial charge in [0.1, 0.15) is 29.2 Å². The van der Waals surface area contributed by atoms with Gasteiger partial charge < -0.3 is 19.5 Å². The van der Waals surface area contributed by atoms with Crippen molar-refractivity contribution in [2.45, 2.75) is 118 Å². The maximum atomic E-state index is 12.7. The quantitative estimate of drug-likeness (QED) is 0.314. The van der Waals surface area contributed by atoms with Gasteiger partial charge in [-0.3, -0.25) is 4.79 Å². The summed E-state index contributed by atoms with van der Waals surface area (Å²) in [5, 5.41) is 3.51. The Hall–Kier alpha value is -2.42. The van der Waals surface area contributed by atoms with E-state index in [1.54, 1.807) is 68.4 Å². The fourth-order valence-corrected chi connectivity index (χ4v) is 3.44. The molecular weight excluding hydrogens is 479 g/mol. The van der Waals surface area contributed by atoms with Gasteiger partial charge in [0.2, 0.25) is 0 Å². The Morgan fingerprint density at radius 1 is 0.892 bits per heavy atom. The van der Waals surface area contributed by atoms with Gasteiger partial charge in [0.15, 0.2) is 0 Å². The monoisotopic (exact) mass is 526 g/mol. The lowest BCUT2D eigenvalue weighted by atomic mass is 10.00. The van der Waals surface area contributed by atoms with E-state index >= 15 is 0 Å². The zero-order valence-corrected chi connectivity index (χ0v) is 24.3. The Morgan fingerprint density at radius 3 is 1.81 bits per heavy atom. The number of nitrogens with zero attached hydrogens (tertiary/aromatic N) is 1. The number of hydrogen-bond donors (Lipinski definition) is 1. The molecule has 1 fully saturated rings. The number of amides is 2. The molecule has 2 aliphatic rings. The SMILES string of the molecule is CC(C)(C)OC(=O)CN(C(=O)OC(C)(C)C)C(=O)OC(C)(C)C.CCCNC1CC1C1=CC=C(F)CC1. The highest BCUT2D eigenvalue weighted by Gasteiger charge is 2.39. The molecule has 0 spiro atoms. The number of rotatable bonds is 6. The molecule has 0 saturated heterocycles. The zero-order valence-electron chi connectivity index (χ0n) is 24.3. The van der Waals surface area contributed by atoms with E-state index in [2.05, 4.69) is 12.2 Å². The van der Waals surface area contributed by atoms with Crippen LogP contribution in [0.15, 0.2) is 23.6 Å². The van der Waals surface area contributed by atoms with Crippen LogP contribution < -0.4 is 5.32 Å². The second kappa shape index (κ2) is 13.4. The zero-order chi connectivity index (χ0) is 28.6. The van der Waals surface area contributed by atoms with Crippen molar-refractivity contribution in [3.63, 3.8) is 0 Å². The first kappa shape index (κ1) is 32.6. The third-order valence-electron chi connectivity index (χ3n) is 4.99. The Bertz CT molecular complexity index is 833. The summed E-state index contributed by atoms with van der Waals surface area (Å²) in [4.78, 5) is 36.9. The van der Waals surface area contributed by atoms with Crippen LogP contribution in [0.4, 0.5) is 14.0 Å². The maximum Gasteiger partial charge on any atom is 0.420 e. The molecular formula is C28H47FN2O6. The fourth-order valence-electron chi connectivity index (χ4n) is 3.44. The van der Waals surface area contributed by atoms with E-state index in [1.807, 2.05) is 6.08 Å². The van der Waals surface area contributed by atoms with Crippen molar-refractivity contribution in [1.29, 1.82) is 0 Å². The average molecular weight is 527 g/mol. The van der Waals surface area contributed by atoms with E-state index in [0.717, 1.165) is 13.0 Å². The molecule has 0 aromatic rings. The van der Waals surface area contributed by atoms with Gasteiger partial charge in [-0.25, -0.2) is 18.9 Å². The standard InChI is InChI=1S/C16H29NO6.C12H18FN/c1-14(2,3)21-11(18)10-17(12(19)22-15(4,5)6)13(20)23-16(7,8)9;1-2-7-14-12-8-11(12)9-3-5-10(13)6-4-9/h10H2,1-9H3;3,5,11-12,14H,2,4,6-8H2,1H3. The molecule has 8 nitrogen and oxygen atoms in total. The van der Waals surface area contributed by atoms with Gasteiger partial charge in [0.25, 0.3) is 0 Å². The average Bonchev–Trinajstić information content (AvgIpc) is 3.47. The van der Waals surface area contributed by atoms with Gasteiger partial charge in [-0.1, -0.05) is 18.6 Å². The van der Waals surface area contributed by atoms with Crippen molar-refractivity contribution in [2.75, 3.05) is 13.1 Å². The topological polar surface area (TPSA) is 94.2 Å². The Labute approximate surface area is 222 Å². The summed E-state index contributed by atoms with van der Waals surface area (Å²) in [5.74, 6) is 0.00702. The lowest BCUT2D eigenvalue weighted by molar-refractivity contribution is -0.155. The number of imide groups is 1. The molecule has 0 aromatic carbocycles. The number of allylic oxidation sites excluding steroid dienone is 3. The number of nitrogens with one attached hydrogen (secondary N) is 1. The molecule has 2 rings (SSSR count). The van der Waals surface area contributed by atoms with Crippen LogP contribution in [0.2, 0.25) is 0 Å². The summed E-state index contributed by atoms with van der Waals surface area (Å²) >= 11 is 0. The number of ether oxygens (including phenoxy) is 3. The van der Waals surface area contributed by atoms with Crippen molar-refractivity contribution in [2.24, 2.45) is 5.92 Å². The van der Waals surface area contributed by atoms with Gasteiger partial charge >= 0.3 is 18.2 Å². The maximum absolute atomic E-state index is 12.7. The Morgan fingerprint density at radius 2 is 1.41 bits per heavy atom. The van der Waals surface area contributed by atoms with Crippen molar-refractivity contribution < 1.29 is 33.0 Å². The van der Waals surface area contributed by atoms with Crippen molar-refractivity contribution in [3.8, 4) is 0 Å². The Balaban J connectivity index is 0.000000411. The lowest BCUT2D eigenvalue weighted by Crippen LogP contribution is -2.47. The van der Waals surface area contributed by atoms with Crippen LogP contribution in [-0.2, 0) is 19.0 Å². The van der Waals surface area contributed by atoms with Crippen LogP contribution >= 0.6 is 0 Å². The minimum atomic E-state index is -0.961. The summed E-state index contributed by atoms with van der Waals surface area (Å²) in [6.07, 6.45) is 5.68. The summed E-state index contributed by atoms with van der Waals surface area (Å²) < 4.78 is 28.2. The number of esters is 1. The molecule has 2 atom stereocenters. The van der Waals surface area contributed by atoms with Crippen LogP contribution in [0, 0.1) is 5.92 Å². The third-order valence-corrected chi connectivity index (χ3v) is 4.99. The smallest absolute Gasteiger partial charge is 0.420 e. The largest absolute Gasteiger partial charge is 0.459 e. The first-order valence-corrected chi connectivity index (χ1v) is 13.0. The predicted octanol–water partition coefficient (Wildman–Crippen LogP) is 6.45. The van der Waals surface area contributed by atoms with Gasteiger partial charge in [-0.15, -0.1) is 0 Å². The summed E-state index contributed by atoms with van der Waals surface area (Å²) in [7, 11) is 0. The third kappa shape index (κ3) is 14.2. The molecule has 1 saturated carbocycles. The van der Waals surface area contributed by atoms with E-state index in [0.29, 0.717) is 23.3 Å². The molecule has 0 radical (unpaired) electrons. The first-order chi connectivity index (χ1) is 16.8. The predicted molar refractivity (Wildman–Crippen MR) is 142 cm³/mol. The fraction of sp³-hybridized carbons (Fsp3) is 0.750. The van der Waals surface area contributed by atoms with Crippen LogP contribution in [0.5, 0.6) is 0 Å². The van der Waals surface area contributed by atoms with E-state index in [-0.39, 0.29) is 5.83 Å². The van der Waals surface area contributed by atoms with E-state index in [4.69, 9.17) is 14.2 Å². The number of carbonyl (C=O) groups is 3. The van der Waals surface area contributed by atoms with Gasteiger partial charge in [-0.2, -0.15) is 0 Å². The molecule has 0 heterocycles. The highest BCUT2D eigenvalue weighted by molar-refractivity contribution is 5.92. The highest BCUT2D eigenvalue weighted by Crippen LogP contribution is 2.41. The van der Waals surface area contributed by atoms with E-state index < -0.39 is 41.5 Å². The molecule has 2 unspecified atom stereocenters. The van der Waals surface area contributed by atoms with Crippen molar-refractivity contribution in [1.82, 2.24) is 10.2 Å². The second-order valence-corrected chi connectivity index (χ2v) is 12.4. The van der Waals surface area contributed by atoms with Gasteiger partial charge in [0, 0.05) is 12.5 Å². The Kier molecular flexibility index (Phi) is 11.8. The molecule has 0 aliphatic heterocycles. The molecule has 0 bridgehead atoms. The molecule has 2 aliphatic carbocycles. The minimum absolute atomic E-state index is 0.0347. The van der Waals surface area contributed by atoms with E-state index in [1.165, 1.54) is 18.4 Å². The summed E-state index contributed by atoms with van der Waals surface area (Å²) in [5.41, 5.74) is -0.916. The molecule has 9 heteroatoms. The van der Waals surface area contributed by atoms with Crippen LogP contribution in [-0.4, -0.2) is 59.0 Å². The minimum Gasteiger partial charge on any atom is -0.459 e. The molecule has 1 N–H and O–H groups in total. The number of halogens is 1. The number of hydrogen-bond acceptors (Lipinski definition) is 7. The van der Waals surface area contributed by atoms with Crippen molar-refractivity contribution in [3.05, 3.63) is 23.6 Å². The number of carbonyl (C=O) groups excluding carboxylic acids is 3. The van der Waals surface area contributed by atoms with Gasteiger partial charge in [-0.05, 0) is 100 Å². The van der Waals surface area contributed by atoms with Crippen molar-refractivity contribution >= 4 is 18.2 Å². The lowest BCUT2D eigenvalue weighted by Gasteiger charge is -2.29. The van der Waals surface area contributed by atoms with Crippen LogP contribution in [0.25, 0.3) is 0 Å². The molecule has 0 aromatic heterocycles. The van der Waals surface area contributed by atoms with E-state index in [9.17, 15) is 18.8 Å². The molecule has 212 valence electrons. The highest BCUT2D eigenvalue weighted by atomic mass is 19.1. The summed E-state index contributed by atoms with van der Waals surface area (Å²) in [6, 6.07) is 0.677. The second-order valence-electron chi connectivity index (χ2n) is 12.4. The normalized spacial score (nSPS) is 19.4. The molecule has 37 heavy (non-hydrogen) atoms. The van der Waals surface area contributed by atoms with Crippen LogP contribution in [0.3, 0.4) is 0 Å². The van der Waals surface area contributed by atoms with Crippen LogP contribution in [0.1, 0.15) is 94.9 Å². The van der Waals surface area contributed by atoms with Gasteiger partial charge in [0.05, 0.1) is 0 Å².